The summed E-state index contributed by atoms with van der Waals surface area (Å²) in [4.78, 5) is 36.0. The predicted molar refractivity (Wildman–Crippen MR) is 123 cm³/mol. The fraction of sp³-hybridized carbons (Fsp3) is 0.435. The molecule has 0 bridgehead atoms. The molecular formula is C23H28F3N5O4. The number of aromatic nitrogens is 1. The van der Waals surface area contributed by atoms with E-state index in [1.54, 1.807) is 30.5 Å². The number of benzene rings is 1. The molecule has 0 aliphatic carbocycles. The van der Waals surface area contributed by atoms with Gasteiger partial charge < -0.3 is 19.8 Å². The van der Waals surface area contributed by atoms with Crippen LogP contribution in [-0.2, 0) is 20.9 Å². The third kappa shape index (κ3) is 7.06. The number of hydroxylamine groups is 2. The lowest BCUT2D eigenvalue weighted by atomic mass is 10.2. The zero-order chi connectivity index (χ0) is 25.4. The number of amides is 2. The van der Waals surface area contributed by atoms with E-state index < -0.39 is 30.3 Å². The molecule has 2 heterocycles. The van der Waals surface area contributed by atoms with E-state index in [4.69, 9.17) is 9.57 Å². The molecule has 1 N–H and O–H groups in total. The van der Waals surface area contributed by atoms with E-state index in [0.29, 0.717) is 31.9 Å². The highest BCUT2D eigenvalue weighted by molar-refractivity contribution is 5.90. The Labute approximate surface area is 201 Å². The first kappa shape index (κ1) is 26.2. The van der Waals surface area contributed by atoms with Crippen molar-refractivity contribution in [2.45, 2.75) is 26.0 Å². The van der Waals surface area contributed by atoms with Crippen LogP contribution >= 0.6 is 0 Å². The summed E-state index contributed by atoms with van der Waals surface area (Å²) in [6.45, 7) is 3.62. The summed E-state index contributed by atoms with van der Waals surface area (Å²) in [6.07, 6.45) is -3.02. The van der Waals surface area contributed by atoms with Crippen LogP contribution in [0.2, 0.25) is 0 Å². The second-order valence-corrected chi connectivity index (χ2v) is 7.74. The number of ether oxygens (including phenoxy) is 1. The highest BCUT2D eigenvalue weighted by Crippen LogP contribution is 2.28. The topological polar surface area (TPSA) is 87.2 Å². The summed E-state index contributed by atoms with van der Waals surface area (Å²) in [5, 5.41) is 3.74. The van der Waals surface area contributed by atoms with Crippen LogP contribution < -0.4 is 15.1 Å². The lowest BCUT2D eigenvalue weighted by Crippen LogP contribution is -2.37. The largest absolute Gasteiger partial charge is 0.442 e. The molecule has 190 valence electrons. The van der Waals surface area contributed by atoms with Gasteiger partial charge >= 0.3 is 12.5 Å². The number of likely N-dealkylation sites (N-methyl/N-ethyl adjacent to an activating group) is 1. The Hall–Kier alpha value is -3.38. The summed E-state index contributed by atoms with van der Waals surface area (Å²) < 4.78 is 44.8. The maximum Gasteiger partial charge on any atom is 0.414 e. The fourth-order valence-electron chi connectivity index (χ4n) is 3.64. The van der Waals surface area contributed by atoms with Crippen LogP contribution in [0, 0.1) is 5.82 Å². The van der Waals surface area contributed by atoms with Crippen LogP contribution in [0.1, 0.15) is 12.6 Å². The van der Waals surface area contributed by atoms with Gasteiger partial charge in [0.25, 0.3) is 5.91 Å². The summed E-state index contributed by atoms with van der Waals surface area (Å²) in [5.41, 5.74) is 1.47. The van der Waals surface area contributed by atoms with Crippen LogP contribution in [0.3, 0.4) is 0 Å². The number of nitrogens with one attached hydrogen (secondary N) is 1. The number of cyclic esters (lactones) is 1. The monoisotopic (exact) mass is 495 g/mol. The fourth-order valence-corrected chi connectivity index (χ4v) is 3.64. The number of carbonyl (C=O) groups is 2. The van der Waals surface area contributed by atoms with Gasteiger partial charge in [0, 0.05) is 25.8 Å². The molecule has 0 radical (unpaired) electrons. The zero-order valence-electron chi connectivity index (χ0n) is 19.5. The zero-order valence-corrected chi connectivity index (χ0v) is 19.5. The third-order valence-electron chi connectivity index (χ3n) is 5.48. The Morgan fingerprint density at radius 1 is 1.31 bits per heavy atom. The maximum atomic E-state index is 15.0. The molecule has 0 saturated carbocycles. The lowest BCUT2D eigenvalue weighted by molar-refractivity contribution is -0.137. The van der Waals surface area contributed by atoms with Crippen molar-refractivity contribution in [3.8, 4) is 0 Å². The molecule has 1 fully saturated rings. The standard InChI is InChI=1S/C23H28F3N5O4/c1-3-29(10-11-30(34-2)14-16-6-4-5-9-27-16)20-8-7-17(12-19(20)24)31-15-18(35-23(31)33)13-28-22(32)21(25)26/h4-9,12,18,21H,3,10-11,13-15H2,1-2H3,(H,28,32)/t18-/m0/s1. The van der Waals surface area contributed by atoms with Gasteiger partial charge in [-0.2, -0.15) is 13.8 Å². The highest BCUT2D eigenvalue weighted by Gasteiger charge is 2.33. The average molecular weight is 496 g/mol. The minimum absolute atomic E-state index is 0.00501. The molecule has 0 spiro atoms. The first-order valence-corrected chi connectivity index (χ1v) is 11.1. The first-order chi connectivity index (χ1) is 16.8. The van der Waals surface area contributed by atoms with Crippen molar-refractivity contribution >= 4 is 23.4 Å². The molecule has 1 aliphatic rings. The number of anilines is 2. The predicted octanol–water partition coefficient (Wildman–Crippen LogP) is 2.82. The quantitative estimate of drug-likeness (QED) is 0.453. The summed E-state index contributed by atoms with van der Waals surface area (Å²) in [7, 11) is 1.57. The van der Waals surface area contributed by atoms with Gasteiger partial charge in [0.2, 0.25) is 0 Å². The van der Waals surface area contributed by atoms with Gasteiger partial charge in [0.15, 0.2) is 0 Å². The maximum absolute atomic E-state index is 15.0. The van der Waals surface area contributed by atoms with Gasteiger partial charge in [-0.05, 0) is 37.3 Å². The van der Waals surface area contributed by atoms with E-state index in [0.717, 1.165) is 5.69 Å². The Balaban J connectivity index is 1.60. The Morgan fingerprint density at radius 3 is 2.74 bits per heavy atom. The van der Waals surface area contributed by atoms with Crippen molar-refractivity contribution in [3.05, 3.63) is 54.1 Å². The molecule has 0 unspecified atom stereocenters. The van der Waals surface area contributed by atoms with E-state index in [2.05, 4.69) is 4.98 Å². The van der Waals surface area contributed by atoms with E-state index in [1.165, 1.54) is 11.0 Å². The van der Waals surface area contributed by atoms with Gasteiger partial charge in [-0.25, -0.2) is 9.18 Å². The van der Waals surface area contributed by atoms with Crippen LogP contribution in [0.15, 0.2) is 42.6 Å². The van der Waals surface area contributed by atoms with Gasteiger partial charge in [-0.3, -0.25) is 14.7 Å². The van der Waals surface area contributed by atoms with Gasteiger partial charge in [-0.15, -0.1) is 0 Å². The number of halogens is 3. The Kier molecular flexibility index (Phi) is 9.26. The van der Waals surface area contributed by atoms with E-state index in [1.807, 2.05) is 35.3 Å². The van der Waals surface area contributed by atoms with Gasteiger partial charge in [0.05, 0.1) is 43.8 Å². The smallest absolute Gasteiger partial charge is 0.414 e. The minimum Gasteiger partial charge on any atom is -0.442 e. The van der Waals surface area contributed by atoms with Crippen molar-refractivity contribution < 1.29 is 32.3 Å². The number of nitrogens with zero attached hydrogens (tertiary/aromatic N) is 4. The van der Waals surface area contributed by atoms with Gasteiger partial charge in [-0.1, -0.05) is 6.07 Å². The first-order valence-electron chi connectivity index (χ1n) is 11.1. The molecule has 1 aliphatic heterocycles. The third-order valence-corrected chi connectivity index (χ3v) is 5.48. The van der Waals surface area contributed by atoms with Crippen LogP contribution in [0.4, 0.5) is 29.3 Å². The molecular weight excluding hydrogens is 467 g/mol. The van der Waals surface area contributed by atoms with Crippen molar-refractivity contribution in [1.82, 2.24) is 15.4 Å². The second kappa shape index (κ2) is 12.4. The molecule has 3 rings (SSSR count). The van der Waals surface area contributed by atoms with Crippen molar-refractivity contribution in [3.63, 3.8) is 0 Å². The number of alkyl halides is 2. The van der Waals surface area contributed by atoms with Crippen LogP contribution in [0.25, 0.3) is 0 Å². The van der Waals surface area contributed by atoms with Gasteiger partial charge in [0.1, 0.15) is 11.9 Å². The molecule has 35 heavy (non-hydrogen) atoms. The number of pyridine rings is 1. The number of hydrogen-bond acceptors (Lipinski definition) is 7. The van der Waals surface area contributed by atoms with Crippen molar-refractivity contribution in [2.75, 3.05) is 49.6 Å². The molecule has 2 aromatic rings. The Morgan fingerprint density at radius 2 is 2.11 bits per heavy atom. The summed E-state index contributed by atoms with van der Waals surface area (Å²) in [6, 6.07) is 10.0. The molecule has 2 amide bonds. The van der Waals surface area contributed by atoms with Crippen LogP contribution in [0.5, 0.6) is 0 Å². The lowest BCUT2D eigenvalue weighted by Gasteiger charge is -2.27. The molecule has 9 nitrogen and oxygen atoms in total. The number of hydrogen-bond donors (Lipinski definition) is 1. The minimum atomic E-state index is -3.16. The SMILES string of the molecule is CCN(CCN(Cc1ccccn1)OC)c1ccc(N2C[C@H](CNC(=O)C(F)F)OC2=O)cc1F. The highest BCUT2D eigenvalue weighted by atomic mass is 19.3. The van der Waals surface area contributed by atoms with E-state index in [-0.39, 0.29) is 18.8 Å². The molecule has 1 aromatic carbocycles. The number of rotatable bonds is 12. The normalized spacial score (nSPS) is 15.6. The van der Waals surface area contributed by atoms with Crippen molar-refractivity contribution in [2.24, 2.45) is 0 Å². The average Bonchev–Trinajstić information content (AvgIpc) is 3.23. The van der Waals surface area contributed by atoms with E-state index in [9.17, 15) is 18.4 Å². The summed E-state index contributed by atoms with van der Waals surface area (Å²) in [5.74, 6) is -1.97. The number of carbonyl (C=O) groups excluding carboxylic acids is 2. The summed E-state index contributed by atoms with van der Waals surface area (Å²) >= 11 is 0. The van der Waals surface area contributed by atoms with Crippen LogP contribution in [-0.4, -0.2) is 74.4 Å². The molecule has 1 atom stereocenters. The Bertz CT molecular complexity index is 998. The second-order valence-electron chi connectivity index (χ2n) is 7.74. The molecule has 1 aromatic heterocycles. The van der Waals surface area contributed by atoms with E-state index >= 15 is 4.39 Å². The van der Waals surface area contributed by atoms with Crippen molar-refractivity contribution in [1.29, 1.82) is 0 Å². The molecule has 12 heteroatoms. The molecule has 1 saturated heterocycles.